The van der Waals surface area contributed by atoms with Gasteiger partial charge in [0.1, 0.15) is 5.76 Å². The van der Waals surface area contributed by atoms with E-state index in [1.165, 1.54) is 23.1 Å². The minimum absolute atomic E-state index is 0.0491. The van der Waals surface area contributed by atoms with E-state index in [4.69, 9.17) is 9.84 Å². The van der Waals surface area contributed by atoms with E-state index in [0.29, 0.717) is 10.0 Å². The molecule has 2 N–H and O–H groups in total. The van der Waals surface area contributed by atoms with Gasteiger partial charge < -0.3 is 19.8 Å². The van der Waals surface area contributed by atoms with Crippen molar-refractivity contribution in [3.8, 4) is 0 Å². The van der Waals surface area contributed by atoms with E-state index in [9.17, 15) is 24.8 Å². The second-order valence-corrected chi connectivity index (χ2v) is 7.61. The summed E-state index contributed by atoms with van der Waals surface area (Å²) in [5.74, 6) is -2.20. The molecule has 0 aromatic heterocycles. The number of likely N-dealkylation sites (tertiary alicyclic amines) is 1. The van der Waals surface area contributed by atoms with Crippen LogP contribution in [0.4, 0.5) is 5.69 Å². The zero-order valence-electron chi connectivity index (χ0n) is 16.2. The van der Waals surface area contributed by atoms with Crippen molar-refractivity contribution in [2.45, 2.75) is 6.04 Å². The lowest BCUT2D eigenvalue weighted by Gasteiger charge is -2.25. The fourth-order valence-corrected chi connectivity index (χ4v) is 3.80. The molecule has 0 radical (unpaired) electrons. The Balaban J connectivity index is 2.10. The Bertz CT molecular complexity index is 1050. The number of ether oxygens (including phenoxy) is 1. The summed E-state index contributed by atoms with van der Waals surface area (Å²) in [6, 6.07) is 11.3. The van der Waals surface area contributed by atoms with Crippen LogP contribution in [0.25, 0.3) is 5.76 Å². The van der Waals surface area contributed by atoms with Crippen LogP contribution in [-0.4, -0.2) is 58.1 Å². The van der Waals surface area contributed by atoms with Crippen molar-refractivity contribution in [2.75, 3.05) is 26.4 Å². The Hall–Kier alpha value is -3.08. The van der Waals surface area contributed by atoms with E-state index in [2.05, 4.69) is 15.9 Å². The summed E-state index contributed by atoms with van der Waals surface area (Å²) in [5, 5.41) is 30.9. The monoisotopic (exact) mass is 490 g/mol. The minimum atomic E-state index is -0.908. The molecule has 2 aromatic rings. The number of benzene rings is 2. The smallest absolute Gasteiger partial charge is 0.295 e. The van der Waals surface area contributed by atoms with Crippen molar-refractivity contribution in [1.29, 1.82) is 0 Å². The molecule has 2 aromatic carbocycles. The van der Waals surface area contributed by atoms with E-state index in [1.54, 1.807) is 24.3 Å². The van der Waals surface area contributed by atoms with Gasteiger partial charge in [0.2, 0.25) is 0 Å². The summed E-state index contributed by atoms with van der Waals surface area (Å²) in [7, 11) is 0. The molecule has 1 amide bonds. The van der Waals surface area contributed by atoms with Gasteiger partial charge >= 0.3 is 0 Å². The number of halogens is 1. The van der Waals surface area contributed by atoms with Gasteiger partial charge in [0, 0.05) is 28.7 Å². The van der Waals surface area contributed by atoms with Crippen LogP contribution in [0.3, 0.4) is 0 Å². The predicted molar refractivity (Wildman–Crippen MR) is 114 cm³/mol. The average Bonchev–Trinajstić information content (AvgIpc) is 3.01. The van der Waals surface area contributed by atoms with Crippen molar-refractivity contribution >= 4 is 39.1 Å². The highest BCUT2D eigenvalue weighted by Crippen LogP contribution is 2.40. The highest BCUT2D eigenvalue weighted by molar-refractivity contribution is 9.10. The predicted octanol–water partition coefficient (Wildman–Crippen LogP) is 2.79. The van der Waals surface area contributed by atoms with Crippen LogP contribution in [0.2, 0.25) is 0 Å². The Morgan fingerprint density at radius 1 is 1.16 bits per heavy atom. The first-order valence-electron chi connectivity index (χ1n) is 9.32. The van der Waals surface area contributed by atoms with Crippen LogP contribution in [0.5, 0.6) is 0 Å². The number of non-ortho nitro benzene ring substituents is 1. The third-order valence-electron chi connectivity index (χ3n) is 4.75. The van der Waals surface area contributed by atoms with Crippen LogP contribution >= 0.6 is 15.9 Å². The number of carbonyl (C=O) groups excluding carboxylic acids is 2. The molecule has 3 rings (SSSR count). The lowest BCUT2D eigenvalue weighted by molar-refractivity contribution is -0.384. The molecule has 31 heavy (non-hydrogen) atoms. The first kappa shape index (κ1) is 22.6. The molecular formula is C21H19BrN2O7. The standard InChI is InChI=1S/C21H19BrN2O7/c22-15-5-1-3-13(11-15)18-17(19(26)14-4-2-6-16(12-14)24(29)30)20(27)21(28)23(18)7-9-31-10-8-25/h1-6,11-12,18,25-26H,7-10H2. The number of nitro benzene ring substituents is 1. The third-order valence-corrected chi connectivity index (χ3v) is 5.24. The Morgan fingerprint density at radius 2 is 1.90 bits per heavy atom. The van der Waals surface area contributed by atoms with Gasteiger partial charge in [-0.1, -0.05) is 40.2 Å². The van der Waals surface area contributed by atoms with Gasteiger partial charge in [0.25, 0.3) is 17.4 Å². The van der Waals surface area contributed by atoms with Crippen LogP contribution in [-0.2, 0) is 14.3 Å². The van der Waals surface area contributed by atoms with Gasteiger partial charge in [-0.05, 0) is 17.7 Å². The van der Waals surface area contributed by atoms with Crippen molar-refractivity contribution in [3.05, 3.63) is 79.8 Å². The van der Waals surface area contributed by atoms with Crippen molar-refractivity contribution in [2.24, 2.45) is 0 Å². The maximum Gasteiger partial charge on any atom is 0.295 e. The lowest BCUT2D eigenvalue weighted by Crippen LogP contribution is -2.33. The fraction of sp³-hybridized carbons (Fsp3) is 0.238. The highest BCUT2D eigenvalue weighted by atomic mass is 79.9. The molecule has 9 nitrogen and oxygen atoms in total. The summed E-state index contributed by atoms with van der Waals surface area (Å²) < 4.78 is 5.95. The second-order valence-electron chi connectivity index (χ2n) is 6.69. The van der Waals surface area contributed by atoms with E-state index >= 15 is 0 Å². The van der Waals surface area contributed by atoms with Gasteiger partial charge in [-0.3, -0.25) is 19.7 Å². The summed E-state index contributed by atoms with van der Waals surface area (Å²) >= 11 is 3.37. The normalized spacial score (nSPS) is 17.9. The van der Waals surface area contributed by atoms with Crippen molar-refractivity contribution in [3.63, 3.8) is 0 Å². The molecule has 1 aliphatic heterocycles. The number of hydrogen-bond donors (Lipinski definition) is 2. The first-order chi connectivity index (χ1) is 14.8. The molecule has 1 aliphatic rings. The molecule has 1 atom stereocenters. The Morgan fingerprint density at radius 3 is 2.58 bits per heavy atom. The third kappa shape index (κ3) is 4.82. The van der Waals surface area contributed by atoms with Crippen LogP contribution < -0.4 is 0 Å². The van der Waals surface area contributed by atoms with E-state index < -0.39 is 28.4 Å². The summed E-state index contributed by atoms with van der Waals surface area (Å²) in [6.45, 7) is 0.0300. The average molecular weight is 491 g/mol. The van der Waals surface area contributed by atoms with Gasteiger partial charge in [0.15, 0.2) is 0 Å². The topological polar surface area (TPSA) is 130 Å². The molecule has 0 aliphatic carbocycles. The number of aliphatic hydroxyl groups excluding tert-OH is 2. The van der Waals surface area contributed by atoms with Crippen LogP contribution in [0, 0.1) is 10.1 Å². The molecule has 1 saturated heterocycles. The van der Waals surface area contributed by atoms with Crippen molar-refractivity contribution < 1.29 is 29.5 Å². The summed E-state index contributed by atoms with van der Waals surface area (Å²) in [4.78, 5) is 37.4. The maximum atomic E-state index is 12.9. The largest absolute Gasteiger partial charge is 0.507 e. The first-order valence-corrected chi connectivity index (χ1v) is 10.1. The number of hydrogen-bond acceptors (Lipinski definition) is 7. The number of ketones is 1. The number of nitrogens with zero attached hydrogens (tertiary/aromatic N) is 2. The number of nitro groups is 1. The van der Waals surface area contributed by atoms with Gasteiger partial charge in [-0.2, -0.15) is 0 Å². The van der Waals surface area contributed by atoms with Gasteiger partial charge in [-0.15, -0.1) is 0 Å². The van der Waals surface area contributed by atoms with E-state index in [-0.39, 0.29) is 43.2 Å². The van der Waals surface area contributed by atoms with Gasteiger partial charge in [0.05, 0.1) is 36.4 Å². The molecule has 0 spiro atoms. The van der Waals surface area contributed by atoms with Crippen LogP contribution in [0.15, 0.2) is 58.6 Å². The zero-order valence-corrected chi connectivity index (χ0v) is 17.8. The van der Waals surface area contributed by atoms with Crippen molar-refractivity contribution in [1.82, 2.24) is 4.90 Å². The molecule has 1 fully saturated rings. The number of amides is 1. The molecule has 162 valence electrons. The van der Waals surface area contributed by atoms with Crippen LogP contribution in [0.1, 0.15) is 17.2 Å². The number of carbonyl (C=O) groups is 2. The Labute approximate surface area is 185 Å². The molecule has 1 heterocycles. The van der Waals surface area contributed by atoms with E-state index in [1.807, 2.05) is 0 Å². The molecule has 0 saturated carbocycles. The fourth-order valence-electron chi connectivity index (χ4n) is 3.39. The zero-order chi connectivity index (χ0) is 22.5. The summed E-state index contributed by atoms with van der Waals surface area (Å²) in [6.07, 6.45) is 0. The molecular weight excluding hydrogens is 472 g/mol. The molecule has 1 unspecified atom stereocenters. The second kappa shape index (κ2) is 9.82. The number of rotatable bonds is 8. The number of Topliss-reactive ketones (excluding diaryl/α,β-unsaturated/α-hetero) is 1. The SMILES string of the molecule is O=C1C(=O)N(CCOCCO)C(c2cccc(Br)c2)C1=C(O)c1cccc([N+](=O)[O-])c1. The van der Waals surface area contributed by atoms with E-state index in [0.717, 1.165) is 6.07 Å². The highest BCUT2D eigenvalue weighted by Gasteiger charge is 2.46. The maximum absolute atomic E-state index is 12.9. The molecule has 0 bridgehead atoms. The molecule has 10 heteroatoms. The van der Waals surface area contributed by atoms with Gasteiger partial charge in [-0.25, -0.2) is 0 Å². The lowest BCUT2D eigenvalue weighted by atomic mass is 9.95. The minimum Gasteiger partial charge on any atom is -0.507 e. The summed E-state index contributed by atoms with van der Waals surface area (Å²) in [5.41, 5.74) is 0.215. The quantitative estimate of drug-likeness (QED) is 0.145. The Kier molecular flexibility index (Phi) is 7.16. The number of aliphatic hydroxyl groups is 2.